The molecule has 0 saturated heterocycles. The number of pyridine rings is 1. The average molecular weight is 328 g/mol. The van der Waals surface area contributed by atoms with E-state index >= 15 is 0 Å². The monoisotopic (exact) mass is 327 g/mol. The van der Waals surface area contributed by atoms with Crippen LogP contribution in [-0.2, 0) is 7.05 Å². The molecule has 2 aromatic heterocycles. The second kappa shape index (κ2) is 5.85. The van der Waals surface area contributed by atoms with E-state index < -0.39 is 5.97 Å². The number of hydrogen-bond donors (Lipinski definition) is 1. The van der Waals surface area contributed by atoms with Crippen LogP contribution in [0, 0.1) is 6.92 Å². The lowest BCUT2D eigenvalue weighted by Gasteiger charge is -2.08. The fourth-order valence-electron chi connectivity index (χ4n) is 2.46. The molecule has 0 saturated carbocycles. The summed E-state index contributed by atoms with van der Waals surface area (Å²) in [5.41, 5.74) is 3.74. The molecule has 0 bridgehead atoms. The number of rotatable bonds is 3. The fourth-order valence-corrected chi connectivity index (χ4v) is 2.75. The lowest BCUT2D eigenvalue weighted by molar-refractivity contribution is 0.0697. The first-order valence-corrected chi connectivity index (χ1v) is 7.32. The van der Waals surface area contributed by atoms with Gasteiger partial charge in [-0.2, -0.15) is 5.10 Å². The molecule has 0 fully saturated rings. The van der Waals surface area contributed by atoms with E-state index in [0.29, 0.717) is 21.8 Å². The van der Waals surface area contributed by atoms with E-state index in [9.17, 15) is 9.90 Å². The Morgan fingerprint density at radius 1 is 1.13 bits per heavy atom. The van der Waals surface area contributed by atoms with Gasteiger partial charge in [-0.3, -0.25) is 9.67 Å². The summed E-state index contributed by atoms with van der Waals surface area (Å²) in [6.45, 7) is 1.94. The van der Waals surface area contributed by atoms with Crippen molar-refractivity contribution in [2.24, 2.45) is 7.05 Å². The van der Waals surface area contributed by atoms with Crippen LogP contribution in [0.15, 0.2) is 42.9 Å². The zero-order chi connectivity index (χ0) is 16.6. The molecule has 0 atom stereocenters. The van der Waals surface area contributed by atoms with E-state index in [1.165, 1.54) is 0 Å². The molecule has 5 nitrogen and oxygen atoms in total. The molecule has 0 unspecified atom stereocenters. The molecular weight excluding hydrogens is 314 g/mol. The first kappa shape index (κ1) is 15.2. The molecule has 23 heavy (non-hydrogen) atoms. The van der Waals surface area contributed by atoms with Crippen molar-refractivity contribution in [1.29, 1.82) is 0 Å². The summed E-state index contributed by atoms with van der Waals surface area (Å²) in [6.07, 6.45) is 4.98. The molecule has 116 valence electrons. The number of carboxylic acids is 1. The summed E-state index contributed by atoms with van der Waals surface area (Å²) in [5.74, 6) is -1.03. The summed E-state index contributed by atoms with van der Waals surface area (Å²) >= 11 is 6.08. The molecule has 3 aromatic rings. The fraction of sp³-hybridized carbons (Fsp3) is 0.118. The van der Waals surface area contributed by atoms with Crippen molar-refractivity contribution >= 4 is 17.6 Å². The lowest BCUT2D eigenvalue weighted by atomic mass is 10.0. The number of carboxylic acid groups (broad SMARTS) is 1. The Morgan fingerprint density at radius 2 is 1.91 bits per heavy atom. The van der Waals surface area contributed by atoms with E-state index in [4.69, 9.17) is 11.6 Å². The van der Waals surface area contributed by atoms with Crippen molar-refractivity contribution in [2.75, 3.05) is 0 Å². The highest BCUT2D eigenvalue weighted by molar-refractivity contribution is 6.31. The molecule has 1 N–H and O–H groups in total. The van der Waals surface area contributed by atoms with Crippen LogP contribution < -0.4 is 0 Å². The van der Waals surface area contributed by atoms with Gasteiger partial charge in [-0.15, -0.1) is 0 Å². The molecule has 0 aliphatic heterocycles. The number of nitrogens with zero attached hydrogens (tertiary/aromatic N) is 3. The van der Waals surface area contributed by atoms with E-state index in [0.717, 1.165) is 11.1 Å². The Labute approximate surface area is 138 Å². The van der Waals surface area contributed by atoms with Gasteiger partial charge >= 0.3 is 5.97 Å². The van der Waals surface area contributed by atoms with Crippen molar-refractivity contribution in [1.82, 2.24) is 14.8 Å². The Bertz CT molecular complexity index is 882. The number of aromatic carboxylic acids is 1. The highest BCUT2D eigenvalue weighted by atomic mass is 35.5. The highest BCUT2D eigenvalue weighted by Gasteiger charge is 2.16. The Morgan fingerprint density at radius 3 is 2.52 bits per heavy atom. The number of carbonyl (C=O) groups is 1. The molecule has 6 heteroatoms. The van der Waals surface area contributed by atoms with Gasteiger partial charge in [-0.1, -0.05) is 17.7 Å². The second-order valence-corrected chi connectivity index (χ2v) is 5.78. The second-order valence-electron chi connectivity index (χ2n) is 5.35. The van der Waals surface area contributed by atoms with Gasteiger partial charge in [-0.05, 0) is 36.2 Å². The molecule has 2 heterocycles. The predicted molar refractivity (Wildman–Crippen MR) is 88.6 cm³/mol. The molecule has 0 aliphatic rings. The third-order valence-electron chi connectivity index (χ3n) is 3.47. The van der Waals surface area contributed by atoms with E-state index in [1.807, 2.05) is 19.1 Å². The SMILES string of the molecule is Cc1cc(Cl)cc(-c2cnc(-c3cnn(C)c3)c(C(=O)O)c2)c1. The third-order valence-corrected chi connectivity index (χ3v) is 3.69. The number of aromatic nitrogens is 3. The van der Waals surface area contributed by atoms with Crippen LogP contribution in [0.5, 0.6) is 0 Å². The van der Waals surface area contributed by atoms with Crippen LogP contribution in [0.2, 0.25) is 5.02 Å². The topological polar surface area (TPSA) is 68.0 Å². The van der Waals surface area contributed by atoms with Gasteiger partial charge in [0.15, 0.2) is 0 Å². The smallest absolute Gasteiger partial charge is 0.337 e. The Kier molecular flexibility index (Phi) is 3.88. The zero-order valence-corrected chi connectivity index (χ0v) is 13.4. The first-order valence-electron chi connectivity index (χ1n) is 6.94. The minimum absolute atomic E-state index is 0.133. The third kappa shape index (κ3) is 3.10. The maximum absolute atomic E-state index is 11.6. The maximum Gasteiger partial charge on any atom is 0.337 e. The Balaban J connectivity index is 2.15. The number of hydrogen-bond acceptors (Lipinski definition) is 3. The summed E-state index contributed by atoms with van der Waals surface area (Å²) in [6, 6.07) is 7.20. The summed E-state index contributed by atoms with van der Waals surface area (Å²) in [4.78, 5) is 16.0. The van der Waals surface area contributed by atoms with Crippen molar-refractivity contribution in [3.8, 4) is 22.4 Å². The van der Waals surface area contributed by atoms with Crippen molar-refractivity contribution < 1.29 is 9.90 Å². The maximum atomic E-state index is 11.6. The van der Waals surface area contributed by atoms with E-state index in [-0.39, 0.29) is 5.56 Å². The van der Waals surface area contributed by atoms with Crippen LogP contribution in [0.3, 0.4) is 0 Å². The van der Waals surface area contributed by atoms with Gasteiger partial charge in [-0.25, -0.2) is 4.79 Å². The van der Waals surface area contributed by atoms with Crippen LogP contribution in [0.25, 0.3) is 22.4 Å². The van der Waals surface area contributed by atoms with Crippen molar-refractivity contribution in [3.05, 3.63) is 59.0 Å². The Hall–Kier alpha value is -2.66. The largest absolute Gasteiger partial charge is 0.478 e. The number of benzene rings is 1. The number of aryl methyl sites for hydroxylation is 2. The summed E-state index contributed by atoms with van der Waals surface area (Å²) in [5, 5.41) is 14.2. The predicted octanol–water partition coefficient (Wildman–Crippen LogP) is 3.81. The van der Waals surface area contributed by atoms with Crippen LogP contribution in [0.1, 0.15) is 15.9 Å². The van der Waals surface area contributed by atoms with Gasteiger partial charge in [0.1, 0.15) is 0 Å². The van der Waals surface area contributed by atoms with Crippen molar-refractivity contribution in [3.63, 3.8) is 0 Å². The molecule has 0 radical (unpaired) electrons. The molecular formula is C17H14ClN3O2. The summed E-state index contributed by atoms with van der Waals surface area (Å²) < 4.78 is 1.61. The quantitative estimate of drug-likeness (QED) is 0.794. The molecule has 0 amide bonds. The summed E-state index contributed by atoms with van der Waals surface area (Å²) in [7, 11) is 1.77. The van der Waals surface area contributed by atoms with E-state index in [2.05, 4.69) is 10.1 Å². The minimum Gasteiger partial charge on any atom is -0.478 e. The van der Waals surface area contributed by atoms with Gasteiger partial charge in [0.05, 0.1) is 17.5 Å². The standard InChI is InChI=1S/C17H14ClN3O2/c1-10-3-11(5-14(18)4-10)12-6-15(17(22)23)16(19-7-12)13-8-20-21(2)9-13/h3-9H,1-2H3,(H,22,23). The highest BCUT2D eigenvalue weighted by Crippen LogP contribution is 2.28. The zero-order valence-electron chi connectivity index (χ0n) is 12.6. The van der Waals surface area contributed by atoms with Gasteiger partial charge < -0.3 is 5.11 Å². The molecule has 3 rings (SSSR count). The first-order chi connectivity index (χ1) is 10.9. The van der Waals surface area contributed by atoms with Crippen LogP contribution in [0.4, 0.5) is 0 Å². The van der Waals surface area contributed by atoms with Crippen molar-refractivity contribution in [2.45, 2.75) is 6.92 Å². The molecule has 0 aliphatic carbocycles. The van der Waals surface area contributed by atoms with Gasteiger partial charge in [0.25, 0.3) is 0 Å². The van der Waals surface area contributed by atoms with Crippen LogP contribution in [-0.4, -0.2) is 25.8 Å². The molecule has 1 aromatic carbocycles. The lowest BCUT2D eigenvalue weighted by Crippen LogP contribution is -2.02. The normalized spacial score (nSPS) is 10.7. The number of halogens is 1. The van der Waals surface area contributed by atoms with Gasteiger partial charge in [0, 0.05) is 35.6 Å². The molecule has 0 spiro atoms. The van der Waals surface area contributed by atoms with Crippen LogP contribution >= 0.6 is 11.6 Å². The van der Waals surface area contributed by atoms with E-state index in [1.54, 1.807) is 42.5 Å². The average Bonchev–Trinajstić information content (AvgIpc) is 2.92. The van der Waals surface area contributed by atoms with Gasteiger partial charge in [0.2, 0.25) is 0 Å². The minimum atomic E-state index is -1.03.